The number of rotatable bonds is 5. The average molecular weight is 398 g/mol. The molecule has 9 heteroatoms. The first kappa shape index (κ1) is 18.5. The van der Waals surface area contributed by atoms with Gasteiger partial charge in [-0.25, -0.2) is 4.98 Å². The summed E-state index contributed by atoms with van der Waals surface area (Å²) < 4.78 is 1.50. The number of nitrogens with zero attached hydrogens (tertiary/aromatic N) is 4. The zero-order chi connectivity index (χ0) is 19.5. The third-order valence-electron chi connectivity index (χ3n) is 5.13. The molecule has 1 aliphatic rings. The van der Waals surface area contributed by atoms with E-state index in [0.717, 1.165) is 34.8 Å². The first-order chi connectivity index (χ1) is 13.6. The van der Waals surface area contributed by atoms with Crippen molar-refractivity contribution in [2.24, 2.45) is 7.05 Å². The molecule has 1 saturated heterocycles. The van der Waals surface area contributed by atoms with E-state index in [1.165, 1.54) is 22.8 Å². The number of carbonyl (C=O) groups is 1. The minimum atomic E-state index is -0.0216. The number of thioether (sulfide) groups is 1. The van der Waals surface area contributed by atoms with E-state index in [1.54, 1.807) is 13.1 Å². The van der Waals surface area contributed by atoms with Crippen molar-refractivity contribution in [3.05, 3.63) is 63.8 Å². The molecule has 3 aromatic rings. The molecule has 1 aromatic carbocycles. The fraction of sp³-hybridized carbons (Fsp3) is 0.368. The largest absolute Gasteiger partial charge is 0.339 e. The van der Waals surface area contributed by atoms with Crippen LogP contribution in [0.2, 0.25) is 0 Å². The molecule has 0 atom stereocenters. The van der Waals surface area contributed by atoms with E-state index in [-0.39, 0.29) is 17.4 Å². The Labute approximate surface area is 166 Å². The second-order valence-electron chi connectivity index (χ2n) is 6.91. The number of amides is 1. The van der Waals surface area contributed by atoms with Gasteiger partial charge in [0, 0.05) is 49.1 Å². The Morgan fingerprint density at radius 3 is 2.75 bits per heavy atom. The van der Waals surface area contributed by atoms with Crippen LogP contribution in [-0.4, -0.2) is 48.9 Å². The minimum absolute atomic E-state index is 0.0216. The second kappa shape index (κ2) is 8.05. The third-order valence-corrected chi connectivity index (χ3v) is 6.06. The highest BCUT2D eigenvalue weighted by atomic mass is 32.2. The third kappa shape index (κ3) is 3.89. The van der Waals surface area contributed by atoms with Crippen LogP contribution < -0.4 is 5.56 Å². The van der Waals surface area contributed by atoms with Crippen molar-refractivity contribution in [3.8, 4) is 0 Å². The van der Waals surface area contributed by atoms with Crippen molar-refractivity contribution >= 4 is 17.7 Å². The minimum Gasteiger partial charge on any atom is -0.339 e. The number of hydrogen-bond donors (Lipinski definition) is 2. The smallest absolute Gasteiger partial charge is 0.266 e. The quantitative estimate of drug-likeness (QED) is 0.642. The van der Waals surface area contributed by atoms with E-state index in [4.69, 9.17) is 0 Å². The standard InChI is InChI=1S/C19H22N6O2S/c1-24-17(26)10-16(23-24)13-6-8-25(9-7-13)18(27)15-5-3-2-4-14(15)11-28-19-20-12-21-22-19/h2-5,10,12-13,23H,6-9,11H2,1H3,(H,20,21,22). The van der Waals surface area contributed by atoms with Crippen molar-refractivity contribution in [3.63, 3.8) is 0 Å². The van der Waals surface area contributed by atoms with Gasteiger partial charge >= 0.3 is 0 Å². The van der Waals surface area contributed by atoms with Gasteiger partial charge in [0.25, 0.3) is 11.5 Å². The molecule has 3 heterocycles. The summed E-state index contributed by atoms with van der Waals surface area (Å²) in [7, 11) is 1.72. The van der Waals surface area contributed by atoms with Crippen LogP contribution in [0, 0.1) is 0 Å². The van der Waals surface area contributed by atoms with Crippen molar-refractivity contribution in [1.82, 2.24) is 29.9 Å². The Kier molecular flexibility index (Phi) is 5.34. The number of aryl methyl sites for hydroxylation is 1. The lowest BCUT2D eigenvalue weighted by Gasteiger charge is -2.32. The maximum Gasteiger partial charge on any atom is 0.266 e. The molecule has 2 aromatic heterocycles. The van der Waals surface area contributed by atoms with E-state index in [9.17, 15) is 9.59 Å². The number of nitrogens with one attached hydrogen (secondary N) is 2. The van der Waals surface area contributed by atoms with Crippen molar-refractivity contribution in [1.29, 1.82) is 0 Å². The first-order valence-corrected chi connectivity index (χ1v) is 10.2. The van der Waals surface area contributed by atoms with E-state index >= 15 is 0 Å². The number of likely N-dealkylation sites (tertiary alicyclic amines) is 1. The van der Waals surface area contributed by atoms with E-state index < -0.39 is 0 Å². The SMILES string of the molecule is Cn1[nH]c(C2CCN(C(=O)c3ccccc3CSc3ncn[nH]3)CC2)cc1=O. The predicted octanol–water partition coefficient (Wildman–Crippen LogP) is 2.14. The molecule has 28 heavy (non-hydrogen) atoms. The number of benzene rings is 1. The van der Waals surface area contributed by atoms with Gasteiger partial charge in [-0.05, 0) is 24.5 Å². The van der Waals surface area contributed by atoms with Crippen LogP contribution in [0.25, 0.3) is 0 Å². The predicted molar refractivity (Wildman–Crippen MR) is 106 cm³/mol. The monoisotopic (exact) mass is 398 g/mol. The van der Waals surface area contributed by atoms with Gasteiger partial charge in [0.2, 0.25) is 0 Å². The molecule has 1 fully saturated rings. The van der Waals surface area contributed by atoms with Gasteiger partial charge in [0.05, 0.1) is 0 Å². The van der Waals surface area contributed by atoms with Crippen LogP contribution in [0.15, 0.2) is 46.6 Å². The van der Waals surface area contributed by atoms with E-state index in [2.05, 4.69) is 20.3 Å². The highest BCUT2D eigenvalue weighted by molar-refractivity contribution is 7.98. The Morgan fingerprint density at radius 1 is 1.29 bits per heavy atom. The summed E-state index contributed by atoms with van der Waals surface area (Å²) in [4.78, 5) is 30.8. The normalized spacial score (nSPS) is 15.1. The van der Waals surface area contributed by atoms with Crippen LogP contribution >= 0.6 is 11.8 Å². The summed E-state index contributed by atoms with van der Waals surface area (Å²) in [5.74, 6) is 1.00. The number of piperidine rings is 1. The molecule has 0 aliphatic carbocycles. The van der Waals surface area contributed by atoms with Gasteiger partial charge in [0.15, 0.2) is 5.16 Å². The summed E-state index contributed by atoms with van der Waals surface area (Å²) in [6.07, 6.45) is 3.17. The molecule has 0 spiro atoms. The summed E-state index contributed by atoms with van der Waals surface area (Å²) in [6.45, 7) is 1.37. The molecular weight excluding hydrogens is 376 g/mol. The fourth-order valence-electron chi connectivity index (χ4n) is 3.55. The lowest BCUT2D eigenvalue weighted by Crippen LogP contribution is -2.38. The molecule has 1 aliphatic heterocycles. The Hall–Kier alpha value is -2.81. The van der Waals surface area contributed by atoms with Crippen molar-refractivity contribution in [2.45, 2.75) is 29.7 Å². The molecule has 2 N–H and O–H groups in total. The number of H-pyrrole nitrogens is 2. The molecule has 0 bridgehead atoms. The lowest BCUT2D eigenvalue weighted by atomic mass is 9.93. The maximum absolute atomic E-state index is 13.1. The first-order valence-electron chi connectivity index (χ1n) is 9.23. The summed E-state index contributed by atoms with van der Waals surface area (Å²) >= 11 is 1.52. The van der Waals surface area contributed by atoms with Crippen LogP contribution in [0.5, 0.6) is 0 Å². The second-order valence-corrected chi connectivity index (χ2v) is 7.88. The molecule has 0 unspecified atom stereocenters. The van der Waals surface area contributed by atoms with Crippen LogP contribution in [0.3, 0.4) is 0 Å². The zero-order valence-corrected chi connectivity index (χ0v) is 16.4. The number of aromatic nitrogens is 5. The van der Waals surface area contributed by atoms with E-state index in [1.807, 2.05) is 29.2 Å². The topological polar surface area (TPSA) is 99.7 Å². The van der Waals surface area contributed by atoms with Crippen molar-refractivity contribution in [2.75, 3.05) is 13.1 Å². The molecular formula is C19H22N6O2S. The van der Waals surface area contributed by atoms with Gasteiger partial charge in [-0.3, -0.25) is 24.5 Å². The number of carbonyl (C=O) groups excluding carboxylic acids is 1. The van der Waals surface area contributed by atoms with E-state index in [0.29, 0.717) is 18.8 Å². The van der Waals surface area contributed by atoms with Gasteiger partial charge in [-0.15, -0.1) is 0 Å². The average Bonchev–Trinajstić information content (AvgIpc) is 3.36. The summed E-state index contributed by atoms with van der Waals surface area (Å²) in [5.41, 5.74) is 2.67. The summed E-state index contributed by atoms with van der Waals surface area (Å²) in [6, 6.07) is 9.39. The van der Waals surface area contributed by atoms with Gasteiger partial charge in [-0.2, -0.15) is 5.10 Å². The van der Waals surface area contributed by atoms with Crippen LogP contribution in [0.1, 0.15) is 40.4 Å². The molecule has 0 saturated carbocycles. The Bertz CT molecular complexity index is 1000. The van der Waals surface area contributed by atoms with Gasteiger partial charge in [0.1, 0.15) is 6.33 Å². The Balaban J connectivity index is 1.42. The highest BCUT2D eigenvalue weighted by Crippen LogP contribution is 2.28. The molecule has 8 nitrogen and oxygen atoms in total. The maximum atomic E-state index is 13.1. The van der Waals surface area contributed by atoms with Crippen LogP contribution in [0.4, 0.5) is 0 Å². The molecule has 146 valence electrons. The fourth-order valence-corrected chi connectivity index (χ4v) is 4.33. The Morgan fingerprint density at radius 2 is 2.07 bits per heavy atom. The van der Waals surface area contributed by atoms with Crippen molar-refractivity contribution < 1.29 is 4.79 Å². The van der Waals surface area contributed by atoms with Crippen LogP contribution in [-0.2, 0) is 12.8 Å². The van der Waals surface area contributed by atoms with Gasteiger partial charge < -0.3 is 4.90 Å². The number of hydrogen-bond acceptors (Lipinski definition) is 5. The van der Waals surface area contributed by atoms with Gasteiger partial charge in [-0.1, -0.05) is 30.0 Å². The lowest BCUT2D eigenvalue weighted by molar-refractivity contribution is 0.0711. The zero-order valence-electron chi connectivity index (χ0n) is 15.6. The number of aromatic amines is 2. The molecule has 0 radical (unpaired) electrons. The molecule has 1 amide bonds. The summed E-state index contributed by atoms with van der Waals surface area (Å²) in [5, 5.41) is 10.5. The highest BCUT2D eigenvalue weighted by Gasteiger charge is 2.26. The molecule has 4 rings (SSSR count).